The van der Waals surface area contributed by atoms with Crippen LogP contribution in [0.2, 0.25) is 0 Å². The van der Waals surface area contributed by atoms with Crippen LogP contribution in [0.1, 0.15) is 18.0 Å². The minimum absolute atomic E-state index is 0.275. The highest BCUT2D eigenvalue weighted by atomic mass is 16.4. The first-order chi connectivity index (χ1) is 8.61. The molecule has 1 aliphatic carbocycles. The summed E-state index contributed by atoms with van der Waals surface area (Å²) in [6, 6.07) is 7.17. The Morgan fingerprint density at radius 2 is 1.72 bits per heavy atom. The maximum absolute atomic E-state index is 11.9. The maximum atomic E-state index is 11.9. The molecule has 1 heterocycles. The van der Waals surface area contributed by atoms with Crippen molar-refractivity contribution in [2.45, 2.75) is 12.5 Å². The van der Waals surface area contributed by atoms with E-state index in [0.29, 0.717) is 12.0 Å². The van der Waals surface area contributed by atoms with E-state index in [1.165, 1.54) is 0 Å². The fourth-order valence-corrected chi connectivity index (χ4v) is 2.50. The molecule has 0 radical (unpaired) electrons. The summed E-state index contributed by atoms with van der Waals surface area (Å²) in [5, 5.41) is 9.28. The Bertz CT molecular complexity index is 519. The molecular weight excluding hydrogens is 234 g/mol. The summed E-state index contributed by atoms with van der Waals surface area (Å²) in [5.74, 6) is -2.42. The normalized spacial score (nSPS) is 27.0. The van der Waals surface area contributed by atoms with Gasteiger partial charge in [0.25, 0.3) is 0 Å². The van der Waals surface area contributed by atoms with Crippen LogP contribution < -0.4 is 0 Å². The average Bonchev–Trinajstić information content (AvgIpc) is 3.10. The highest BCUT2D eigenvalue weighted by molar-refractivity contribution is 6.11. The molecule has 1 aliphatic heterocycles. The molecule has 1 saturated heterocycles. The quantitative estimate of drug-likeness (QED) is 0.800. The first kappa shape index (κ1) is 11.0. The van der Waals surface area contributed by atoms with E-state index in [2.05, 4.69) is 0 Å². The third kappa shape index (κ3) is 1.44. The fourth-order valence-electron chi connectivity index (χ4n) is 2.50. The van der Waals surface area contributed by atoms with Crippen LogP contribution in [-0.2, 0) is 14.4 Å². The smallest absolute Gasteiger partial charge is 0.331 e. The highest BCUT2D eigenvalue weighted by Gasteiger charge is 2.61. The molecule has 0 spiro atoms. The lowest BCUT2D eigenvalue weighted by Crippen LogP contribution is -2.40. The standard InChI is InChI=1S/C13H11NO4/c15-11-8-6-9(8)12(16)14(11)10(13(17)18)7-4-2-1-3-5-7/h1-5,8-10H,6H2,(H,17,18). The number of hydrogen-bond donors (Lipinski definition) is 1. The second-order valence-electron chi connectivity index (χ2n) is 4.65. The number of carboxylic acids is 1. The van der Waals surface area contributed by atoms with Gasteiger partial charge in [-0.1, -0.05) is 30.3 Å². The molecule has 1 saturated carbocycles. The number of piperidine rings is 1. The van der Waals surface area contributed by atoms with Gasteiger partial charge in [-0.15, -0.1) is 0 Å². The van der Waals surface area contributed by atoms with Gasteiger partial charge in [0.05, 0.1) is 11.8 Å². The van der Waals surface area contributed by atoms with Crippen LogP contribution in [0, 0.1) is 11.8 Å². The summed E-state index contributed by atoms with van der Waals surface area (Å²) in [6.45, 7) is 0. The molecule has 2 amide bonds. The number of rotatable bonds is 3. The zero-order valence-electron chi connectivity index (χ0n) is 9.45. The number of carboxylic acid groups (broad SMARTS) is 1. The summed E-state index contributed by atoms with van der Waals surface area (Å²) >= 11 is 0. The molecule has 92 valence electrons. The van der Waals surface area contributed by atoms with Crippen LogP contribution in [0.15, 0.2) is 30.3 Å². The van der Waals surface area contributed by atoms with Gasteiger partial charge < -0.3 is 5.11 Å². The largest absolute Gasteiger partial charge is 0.479 e. The summed E-state index contributed by atoms with van der Waals surface area (Å²) in [6.07, 6.45) is 0.579. The van der Waals surface area contributed by atoms with Crippen LogP contribution in [0.3, 0.4) is 0 Å². The number of likely N-dealkylation sites (tertiary alicyclic amines) is 1. The lowest BCUT2D eigenvalue weighted by atomic mass is 10.1. The van der Waals surface area contributed by atoms with E-state index < -0.39 is 12.0 Å². The van der Waals surface area contributed by atoms with Crippen LogP contribution >= 0.6 is 0 Å². The van der Waals surface area contributed by atoms with Gasteiger partial charge in [0.1, 0.15) is 0 Å². The zero-order chi connectivity index (χ0) is 12.9. The van der Waals surface area contributed by atoms with Gasteiger partial charge in [0.2, 0.25) is 11.8 Å². The van der Waals surface area contributed by atoms with E-state index in [0.717, 1.165) is 4.90 Å². The Kier molecular flexibility index (Phi) is 2.23. The number of nitrogens with zero attached hydrogens (tertiary/aromatic N) is 1. The molecule has 1 N–H and O–H groups in total. The molecule has 2 fully saturated rings. The van der Waals surface area contributed by atoms with Crippen LogP contribution in [0.5, 0.6) is 0 Å². The van der Waals surface area contributed by atoms with E-state index in [4.69, 9.17) is 0 Å². The predicted molar refractivity (Wildman–Crippen MR) is 60.3 cm³/mol. The average molecular weight is 245 g/mol. The van der Waals surface area contributed by atoms with Gasteiger partial charge in [-0.05, 0) is 12.0 Å². The lowest BCUT2D eigenvalue weighted by molar-refractivity contribution is -0.156. The Morgan fingerprint density at radius 3 is 2.22 bits per heavy atom. The monoisotopic (exact) mass is 245 g/mol. The van der Waals surface area contributed by atoms with Crippen molar-refractivity contribution in [2.24, 2.45) is 11.8 Å². The summed E-state index contributed by atoms with van der Waals surface area (Å²) < 4.78 is 0. The third-order valence-corrected chi connectivity index (χ3v) is 3.51. The van der Waals surface area contributed by atoms with E-state index in [1.54, 1.807) is 30.3 Å². The topological polar surface area (TPSA) is 74.7 Å². The summed E-state index contributed by atoms with van der Waals surface area (Å²) in [5.41, 5.74) is 0.452. The van der Waals surface area contributed by atoms with Crippen molar-refractivity contribution in [3.05, 3.63) is 35.9 Å². The van der Waals surface area contributed by atoms with E-state index in [9.17, 15) is 19.5 Å². The molecule has 3 atom stereocenters. The first-order valence-electron chi connectivity index (χ1n) is 5.76. The van der Waals surface area contributed by atoms with Crippen LogP contribution in [0.4, 0.5) is 0 Å². The third-order valence-electron chi connectivity index (χ3n) is 3.51. The number of carbonyl (C=O) groups excluding carboxylic acids is 2. The molecule has 5 nitrogen and oxygen atoms in total. The molecule has 1 aromatic rings. The Balaban J connectivity index is 1.99. The number of fused-ring (bicyclic) bond motifs is 1. The molecule has 0 bridgehead atoms. The number of hydrogen-bond acceptors (Lipinski definition) is 3. The zero-order valence-corrected chi connectivity index (χ0v) is 9.45. The SMILES string of the molecule is O=C(O)C(c1ccccc1)N1C(=O)C2CC2C1=O. The van der Waals surface area contributed by atoms with Crippen LogP contribution in [0.25, 0.3) is 0 Å². The van der Waals surface area contributed by atoms with Crippen molar-refractivity contribution in [1.29, 1.82) is 0 Å². The second kappa shape index (κ2) is 3.66. The van der Waals surface area contributed by atoms with E-state index in [-0.39, 0.29) is 23.7 Å². The van der Waals surface area contributed by atoms with E-state index >= 15 is 0 Å². The predicted octanol–water partition coefficient (Wildman–Crippen LogP) is 0.817. The first-order valence-corrected chi connectivity index (χ1v) is 5.76. The molecule has 18 heavy (non-hydrogen) atoms. The minimum Gasteiger partial charge on any atom is -0.479 e. The minimum atomic E-state index is -1.20. The molecule has 3 unspecified atom stereocenters. The molecule has 2 aliphatic rings. The van der Waals surface area contributed by atoms with Crippen molar-refractivity contribution in [1.82, 2.24) is 4.90 Å². The Hall–Kier alpha value is -2.17. The number of benzene rings is 1. The van der Waals surface area contributed by atoms with Crippen molar-refractivity contribution >= 4 is 17.8 Å². The van der Waals surface area contributed by atoms with Gasteiger partial charge in [0.15, 0.2) is 6.04 Å². The van der Waals surface area contributed by atoms with Crippen molar-refractivity contribution < 1.29 is 19.5 Å². The molecule has 5 heteroatoms. The summed E-state index contributed by atoms with van der Waals surface area (Å²) in [4.78, 5) is 36.1. The number of aliphatic carboxylic acids is 1. The fraction of sp³-hybridized carbons (Fsp3) is 0.308. The summed E-state index contributed by atoms with van der Waals surface area (Å²) in [7, 11) is 0. The van der Waals surface area contributed by atoms with Gasteiger partial charge in [-0.3, -0.25) is 14.5 Å². The van der Waals surface area contributed by atoms with Crippen molar-refractivity contribution in [3.8, 4) is 0 Å². The second-order valence-corrected chi connectivity index (χ2v) is 4.65. The highest BCUT2D eigenvalue weighted by Crippen LogP contribution is 2.49. The Morgan fingerprint density at radius 1 is 1.17 bits per heavy atom. The van der Waals surface area contributed by atoms with E-state index in [1.807, 2.05) is 0 Å². The Labute approximate surface area is 103 Å². The molecule has 0 aromatic heterocycles. The van der Waals surface area contributed by atoms with Gasteiger partial charge in [-0.2, -0.15) is 0 Å². The van der Waals surface area contributed by atoms with Crippen molar-refractivity contribution in [2.75, 3.05) is 0 Å². The number of amides is 2. The number of carbonyl (C=O) groups is 3. The van der Waals surface area contributed by atoms with Crippen LogP contribution in [-0.4, -0.2) is 27.8 Å². The van der Waals surface area contributed by atoms with Crippen molar-refractivity contribution in [3.63, 3.8) is 0 Å². The van der Waals surface area contributed by atoms with Gasteiger partial charge in [0, 0.05) is 0 Å². The molecule has 3 rings (SSSR count). The maximum Gasteiger partial charge on any atom is 0.331 e. The lowest BCUT2D eigenvalue weighted by Gasteiger charge is -2.24. The van der Waals surface area contributed by atoms with Gasteiger partial charge in [-0.25, -0.2) is 4.79 Å². The number of imide groups is 1. The molecule has 1 aromatic carbocycles. The van der Waals surface area contributed by atoms with Gasteiger partial charge >= 0.3 is 5.97 Å². The molecular formula is C13H11NO4.